The molecule has 0 spiro atoms. The summed E-state index contributed by atoms with van der Waals surface area (Å²) < 4.78 is 22.0. The quantitative estimate of drug-likeness (QED) is 0.512. The standard InChI is InChI=1S/C5H15N3O2S/c1-6-4-5-11(9,10)7-8(2)3/h6-7H,4-5H2,1-3H3. The summed E-state index contributed by atoms with van der Waals surface area (Å²) in [7, 11) is 1.86. The van der Waals surface area contributed by atoms with E-state index in [9.17, 15) is 8.42 Å². The topological polar surface area (TPSA) is 61.4 Å². The molecule has 0 saturated carbocycles. The van der Waals surface area contributed by atoms with Gasteiger partial charge in [-0.25, -0.2) is 13.4 Å². The summed E-state index contributed by atoms with van der Waals surface area (Å²) in [5.41, 5.74) is 0. The molecule has 11 heavy (non-hydrogen) atoms. The van der Waals surface area contributed by atoms with Gasteiger partial charge >= 0.3 is 0 Å². The third kappa shape index (κ3) is 6.24. The van der Waals surface area contributed by atoms with E-state index in [2.05, 4.69) is 10.1 Å². The second kappa shape index (κ2) is 4.66. The molecule has 0 heterocycles. The van der Waals surface area contributed by atoms with E-state index in [1.165, 1.54) is 5.01 Å². The lowest BCUT2D eigenvalue weighted by Gasteiger charge is -2.11. The fourth-order valence-corrected chi connectivity index (χ4v) is 1.68. The van der Waals surface area contributed by atoms with Crippen LogP contribution < -0.4 is 10.1 Å². The Kier molecular flexibility index (Phi) is 4.58. The summed E-state index contributed by atoms with van der Waals surface area (Å²) in [6.07, 6.45) is 0. The van der Waals surface area contributed by atoms with Gasteiger partial charge in [0.05, 0.1) is 5.75 Å². The summed E-state index contributed by atoms with van der Waals surface area (Å²) in [5.74, 6) is 0.0989. The molecule has 0 amide bonds. The zero-order valence-corrected chi connectivity index (χ0v) is 7.90. The minimum absolute atomic E-state index is 0.0989. The summed E-state index contributed by atoms with van der Waals surface area (Å²) in [5, 5.41) is 4.17. The molecule has 0 unspecified atom stereocenters. The van der Waals surface area contributed by atoms with Crippen LogP contribution in [0.3, 0.4) is 0 Å². The normalized spacial score (nSPS) is 12.4. The highest BCUT2D eigenvalue weighted by Crippen LogP contribution is 1.82. The summed E-state index contributed by atoms with van der Waals surface area (Å²) in [4.78, 5) is 2.32. The van der Waals surface area contributed by atoms with Crippen LogP contribution in [0.4, 0.5) is 0 Å². The van der Waals surface area contributed by atoms with Crippen molar-refractivity contribution in [3.8, 4) is 0 Å². The van der Waals surface area contributed by atoms with E-state index in [-0.39, 0.29) is 5.75 Å². The predicted octanol–water partition coefficient (Wildman–Crippen LogP) is -1.40. The van der Waals surface area contributed by atoms with Crippen LogP contribution in [-0.4, -0.2) is 46.9 Å². The van der Waals surface area contributed by atoms with E-state index in [0.29, 0.717) is 6.54 Å². The van der Waals surface area contributed by atoms with E-state index in [4.69, 9.17) is 0 Å². The molecule has 0 atom stereocenters. The lowest BCUT2D eigenvalue weighted by Crippen LogP contribution is -2.39. The number of nitrogens with zero attached hydrogens (tertiary/aromatic N) is 1. The minimum atomic E-state index is -3.13. The Labute approximate surface area is 67.8 Å². The lowest BCUT2D eigenvalue weighted by molar-refractivity contribution is 0.364. The zero-order chi connectivity index (χ0) is 8.91. The Hall–Kier alpha value is -0.170. The Bertz CT molecular complexity index is 188. The highest BCUT2D eigenvalue weighted by atomic mass is 32.2. The minimum Gasteiger partial charge on any atom is -0.319 e. The number of hydrogen-bond acceptors (Lipinski definition) is 4. The van der Waals surface area contributed by atoms with E-state index >= 15 is 0 Å². The average molecular weight is 181 g/mol. The fraction of sp³-hybridized carbons (Fsp3) is 1.00. The first-order valence-corrected chi connectivity index (χ1v) is 4.95. The molecule has 0 aliphatic heterocycles. The van der Waals surface area contributed by atoms with Gasteiger partial charge in [-0.05, 0) is 7.05 Å². The van der Waals surface area contributed by atoms with Crippen molar-refractivity contribution >= 4 is 10.0 Å². The third-order valence-electron chi connectivity index (χ3n) is 0.942. The molecule has 68 valence electrons. The van der Waals surface area contributed by atoms with Crippen LogP contribution in [0.2, 0.25) is 0 Å². The third-order valence-corrected chi connectivity index (χ3v) is 2.33. The molecule has 0 radical (unpaired) electrons. The average Bonchev–Trinajstić information content (AvgIpc) is 1.81. The van der Waals surface area contributed by atoms with Crippen molar-refractivity contribution < 1.29 is 8.42 Å². The maximum Gasteiger partial charge on any atom is 0.225 e. The van der Waals surface area contributed by atoms with E-state index in [0.717, 1.165) is 0 Å². The summed E-state index contributed by atoms with van der Waals surface area (Å²) in [6.45, 7) is 0.461. The van der Waals surface area contributed by atoms with Crippen LogP contribution in [0, 0.1) is 0 Å². The number of sulfonamides is 1. The van der Waals surface area contributed by atoms with Gasteiger partial charge in [-0.15, -0.1) is 4.83 Å². The molecule has 0 aliphatic rings. The SMILES string of the molecule is CNCCS(=O)(=O)NN(C)C. The second-order valence-corrected chi connectivity index (χ2v) is 4.23. The van der Waals surface area contributed by atoms with Crippen LogP contribution in [0.5, 0.6) is 0 Å². The molecule has 6 heteroatoms. The van der Waals surface area contributed by atoms with Gasteiger partial charge in [-0.2, -0.15) is 0 Å². The summed E-state index contributed by atoms with van der Waals surface area (Å²) in [6, 6.07) is 0. The largest absolute Gasteiger partial charge is 0.319 e. The predicted molar refractivity (Wildman–Crippen MR) is 44.5 cm³/mol. The number of rotatable bonds is 5. The number of hydrazine groups is 1. The highest BCUT2D eigenvalue weighted by Gasteiger charge is 2.08. The van der Waals surface area contributed by atoms with E-state index in [1.807, 2.05) is 0 Å². The first-order valence-electron chi connectivity index (χ1n) is 3.30. The van der Waals surface area contributed by atoms with Crippen molar-refractivity contribution in [1.29, 1.82) is 0 Å². The van der Waals surface area contributed by atoms with Crippen LogP contribution in [0.25, 0.3) is 0 Å². The van der Waals surface area contributed by atoms with Crippen LogP contribution in [0.1, 0.15) is 0 Å². The molecule has 0 aromatic rings. The highest BCUT2D eigenvalue weighted by molar-refractivity contribution is 7.89. The van der Waals surface area contributed by atoms with Crippen molar-refractivity contribution in [2.45, 2.75) is 0 Å². The lowest BCUT2D eigenvalue weighted by atomic mass is 10.8. The van der Waals surface area contributed by atoms with Gasteiger partial charge in [0.1, 0.15) is 0 Å². The summed E-state index contributed by atoms with van der Waals surface area (Å²) >= 11 is 0. The van der Waals surface area contributed by atoms with Crippen LogP contribution >= 0.6 is 0 Å². The smallest absolute Gasteiger partial charge is 0.225 e. The van der Waals surface area contributed by atoms with E-state index < -0.39 is 10.0 Å². The molecular formula is C5H15N3O2S. The fourth-order valence-electron chi connectivity index (χ4n) is 0.560. The van der Waals surface area contributed by atoms with Crippen molar-refractivity contribution in [1.82, 2.24) is 15.2 Å². The molecule has 0 rings (SSSR count). The number of hydrogen-bond donors (Lipinski definition) is 2. The second-order valence-electron chi connectivity index (χ2n) is 2.41. The molecule has 0 aromatic carbocycles. The first-order chi connectivity index (χ1) is 4.98. The molecule has 0 aliphatic carbocycles. The van der Waals surface area contributed by atoms with Crippen molar-refractivity contribution in [3.63, 3.8) is 0 Å². The molecule has 0 fully saturated rings. The van der Waals surface area contributed by atoms with Crippen LogP contribution in [-0.2, 0) is 10.0 Å². The van der Waals surface area contributed by atoms with Gasteiger partial charge in [0, 0.05) is 20.6 Å². The Morgan fingerprint density at radius 3 is 2.27 bits per heavy atom. The van der Waals surface area contributed by atoms with E-state index in [1.54, 1.807) is 21.1 Å². The molecule has 2 N–H and O–H groups in total. The van der Waals surface area contributed by atoms with Crippen LogP contribution in [0.15, 0.2) is 0 Å². The molecule has 0 aromatic heterocycles. The molecule has 0 saturated heterocycles. The van der Waals surface area contributed by atoms with Gasteiger partial charge in [0.2, 0.25) is 10.0 Å². The maximum atomic E-state index is 11.0. The van der Waals surface area contributed by atoms with Gasteiger partial charge in [-0.1, -0.05) is 0 Å². The molecule has 0 bridgehead atoms. The monoisotopic (exact) mass is 181 g/mol. The molecule has 5 nitrogen and oxygen atoms in total. The van der Waals surface area contributed by atoms with Crippen molar-refractivity contribution in [2.24, 2.45) is 0 Å². The maximum absolute atomic E-state index is 11.0. The van der Waals surface area contributed by atoms with Gasteiger partial charge < -0.3 is 5.32 Å². The zero-order valence-electron chi connectivity index (χ0n) is 7.09. The molecular weight excluding hydrogens is 166 g/mol. The van der Waals surface area contributed by atoms with Gasteiger partial charge in [-0.3, -0.25) is 0 Å². The Morgan fingerprint density at radius 2 is 1.91 bits per heavy atom. The van der Waals surface area contributed by atoms with Gasteiger partial charge in [0.15, 0.2) is 0 Å². The van der Waals surface area contributed by atoms with Crippen molar-refractivity contribution in [2.75, 3.05) is 33.4 Å². The first kappa shape index (κ1) is 10.8. The number of nitrogens with one attached hydrogen (secondary N) is 2. The Morgan fingerprint density at radius 1 is 1.36 bits per heavy atom. The Balaban J connectivity index is 3.82. The van der Waals surface area contributed by atoms with Gasteiger partial charge in [0.25, 0.3) is 0 Å². The van der Waals surface area contributed by atoms with Crippen molar-refractivity contribution in [3.05, 3.63) is 0 Å².